The third kappa shape index (κ3) is 13.7. The van der Waals surface area contributed by atoms with Crippen LogP contribution in [0.1, 0.15) is 145 Å². The fraction of sp³-hybridized carbons (Fsp3) is 0.615. The quantitative estimate of drug-likeness (QED) is 0.0387. The number of carbonyl (C=O) groups is 2. The summed E-state index contributed by atoms with van der Waals surface area (Å²) < 4.78 is 53.8. The molecule has 2 aliphatic rings. The third-order valence-electron chi connectivity index (χ3n) is 12.0. The minimum Gasteiger partial charge on any atom is -0.493 e. The summed E-state index contributed by atoms with van der Waals surface area (Å²) in [6.45, 7) is 16.2. The number of aryl methyl sites for hydroxylation is 1. The summed E-state index contributed by atoms with van der Waals surface area (Å²) in [6, 6.07) is 19.5. The van der Waals surface area contributed by atoms with Gasteiger partial charge in [0.2, 0.25) is 5.91 Å². The second kappa shape index (κ2) is 26.2. The van der Waals surface area contributed by atoms with Gasteiger partial charge in [-0.15, -0.1) is 0 Å². The zero-order chi connectivity index (χ0) is 44.3. The number of rotatable bonds is 29. The average Bonchev–Trinajstić information content (AvgIpc) is 3.27. The van der Waals surface area contributed by atoms with Crippen LogP contribution in [0.3, 0.4) is 0 Å². The summed E-state index contributed by atoms with van der Waals surface area (Å²) in [4.78, 5) is 29.2. The number of carbonyl (C=O) groups excluding carboxylic acids is 2. The second-order valence-electron chi connectivity index (χ2n) is 17.1. The lowest BCUT2D eigenvalue weighted by Crippen LogP contribution is -2.62. The van der Waals surface area contributed by atoms with E-state index in [0.29, 0.717) is 58.0 Å². The summed E-state index contributed by atoms with van der Waals surface area (Å²) in [6.07, 6.45) is 9.05. The number of anilines is 1. The topological polar surface area (TPSA) is 92.8 Å². The molecule has 0 saturated carbocycles. The highest BCUT2D eigenvalue weighted by molar-refractivity contribution is 6.04. The molecule has 2 heterocycles. The Morgan fingerprint density at radius 3 is 1.90 bits per heavy atom. The number of benzene rings is 3. The van der Waals surface area contributed by atoms with Gasteiger partial charge in [0.25, 0.3) is 0 Å². The van der Waals surface area contributed by atoms with Crippen molar-refractivity contribution in [3.05, 3.63) is 94.8 Å². The first kappa shape index (κ1) is 49.3. The standard InChI is InChI=1S/C52H74FNO8/c1-7-12-29-57-36-47-50(60-32-15-10-4)51(61-33-16-11-5)49(59-31-14-9-3)46(62-47)35-38-19-26-42(45(34-38)58-30-13-8-2)48-43(27-28-44(55)39-20-22-40(53)23-21-39)52(56)54(48)41-24-17-37(6)18-25-41/h17-26,34,43,46-51H,7-16,27-33,35-36H2,1-6H3/t43-,46+,47?,48-,49-,50-,51?/m1/s1. The number of ether oxygens (including phenoxy) is 6. The zero-order valence-corrected chi connectivity index (χ0v) is 38.4. The van der Waals surface area contributed by atoms with Gasteiger partial charge in [0.15, 0.2) is 5.78 Å². The third-order valence-corrected chi connectivity index (χ3v) is 12.0. The first-order valence-corrected chi connectivity index (χ1v) is 23.8. The van der Waals surface area contributed by atoms with E-state index in [9.17, 15) is 14.0 Å². The van der Waals surface area contributed by atoms with Crippen molar-refractivity contribution >= 4 is 17.4 Å². The van der Waals surface area contributed by atoms with Crippen LogP contribution in [0.4, 0.5) is 10.1 Å². The van der Waals surface area contributed by atoms with Crippen LogP contribution < -0.4 is 9.64 Å². The van der Waals surface area contributed by atoms with Crippen LogP contribution in [-0.2, 0) is 34.9 Å². The molecule has 1 amide bonds. The Kier molecular flexibility index (Phi) is 20.9. The van der Waals surface area contributed by atoms with Crippen LogP contribution in [0.5, 0.6) is 5.75 Å². The molecule has 2 aliphatic heterocycles. The Bertz CT molecular complexity index is 1770. The molecule has 3 aromatic rings. The molecule has 2 fully saturated rings. The van der Waals surface area contributed by atoms with Gasteiger partial charge in [-0.3, -0.25) is 9.59 Å². The van der Waals surface area contributed by atoms with Gasteiger partial charge in [0, 0.05) is 56.1 Å². The molecule has 5 rings (SSSR count). The molecule has 7 atom stereocenters. The summed E-state index contributed by atoms with van der Waals surface area (Å²) in [5.74, 6) is -0.274. The van der Waals surface area contributed by atoms with Gasteiger partial charge in [-0.2, -0.15) is 0 Å². The summed E-state index contributed by atoms with van der Waals surface area (Å²) in [5, 5.41) is 0. The fourth-order valence-electron chi connectivity index (χ4n) is 8.30. The van der Waals surface area contributed by atoms with E-state index >= 15 is 0 Å². The number of Topliss-reactive ketones (excluding diaryl/α,β-unsaturated/α-hetero) is 1. The smallest absolute Gasteiger partial charge is 0.233 e. The molecular formula is C52H74FNO8. The van der Waals surface area contributed by atoms with Crippen LogP contribution >= 0.6 is 0 Å². The monoisotopic (exact) mass is 860 g/mol. The van der Waals surface area contributed by atoms with Gasteiger partial charge in [0.1, 0.15) is 36.0 Å². The number of halogens is 1. The average molecular weight is 860 g/mol. The van der Waals surface area contributed by atoms with E-state index in [2.05, 4.69) is 52.8 Å². The molecule has 342 valence electrons. The summed E-state index contributed by atoms with van der Waals surface area (Å²) >= 11 is 0. The van der Waals surface area contributed by atoms with E-state index in [1.165, 1.54) is 24.3 Å². The van der Waals surface area contributed by atoms with E-state index in [0.717, 1.165) is 92.3 Å². The van der Waals surface area contributed by atoms with Crippen molar-refractivity contribution < 1.29 is 42.4 Å². The van der Waals surface area contributed by atoms with Crippen molar-refractivity contribution in [3.63, 3.8) is 0 Å². The highest BCUT2D eigenvalue weighted by Crippen LogP contribution is 2.49. The highest BCUT2D eigenvalue weighted by atomic mass is 19.1. The predicted octanol–water partition coefficient (Wildman–Crippen LogP) is 11.4. The van der Waals surface area contributed by atoms with Gasteiger partial charge in [-0.25, -0.2) is 4.39 Å². The van der Waals surface area contributed by atoms with Crippen molar-refractivity contribution in [2.75, 3.05) is 44.5 Å². The van der Waals surface area contributed by atoms with E-state index in [4.69, 9.17) is 28.4 Å². The Labute approximate surface area is 371 Å². The van der Waals surface area contributed by atoms with Crippen LogP contribution in [0.15, 0.2) is 66.7 Å². The van der Waals surface area contributed by atoms with Gasteiger partial charge >= 0.3 is 0 Å². The summed E-state index contributed by atoms with van der Waals surface area (Å²) in [5.41, 5.74) is 4.26. The molecule has 62 heavy (non-hydrogen) atoms. The molecule has 9 nitrogen and oxygen atoms in total. The number of amides is 1. The van der Waals surface area contributed by atoms with Crippen molar-refractivity contribution in [2.24, 2.45) is 5.92 Å². The van der Waals surface area contributed by atoms with Crippen molar-refractivity contribution in [3.8, 4) is 5.75 Å². The number of hydrogen-bond acceptors (Lipinski definition) is 8. The molecule has 10 heteroatoms. The van der Waals surface area contributed by atoms with Gasteiger partial charge < -0.3 is 33.3 Å². The molecule has 0 bridgehead atoms. The SMILES string of the molecule is CCCCOCC1O[C@@H](Cc2ccc([C@@H]3[C@@H](CCC(=O)c4ccc(F)cc4)C(=O)N3c3ccc(C)cc3)c(OCCCC)c2)[C@@H](OCCCC)C(OCCCC)[C@@H]1OCCCC. The molecule has 0 aromatic heterocycles. The lowest BCUT2D eigenvalue weighted by atomic mass is 9.77. The molecule has 3 aromatic carbocycles. The van der Waals surface area contributed by atoms with E-state index in [-0.39, 0.29) is 54.7 Å². The van der Waals surface area contributed by atoms with E-state index < -0.39 is 11.7 Å². The van der Waals surface area contributed by atoms with Crippen molar-refractivity contribution in [1.29, 1.82) is 0 Å². The summed E-state index contributed by atoms with van der Waals surface area (Å²) in [7, 11) is 0. The van der Waals surface area contributed by atoms with Crippen LogP contribution in [0, 0.1) is 18.7 Å². The lowest BCUT2D eigenvalue weighted by molar-refractivity contribution is -0.265. The molecule has 2 saturated heterocycles. The number of β-lactam (4-membered cyclic amide) rings is 1. The zero-order valence-electron chi connectivity index (χ0n) is 38.4. The molecule has 0 aliphatic carbocycles. The van der Waals surface area contributed by atoms with Crippen LogP contribution in [0.2, 0.25) is 0 Å². The maximum absolute atomic E-state index is 14.1. The molecule has 0 spiro atoms. The van der Waals surface area contributed by atoms with Crippen molar-refractivity contribution in [2.45, 2.75) is 162 Å². The maximum atomic E-state index is 14.1. The second-order valence-corrected chi connectivity index (χ2v) is 17.1. The normalized spacial score (nSPS) is 22.5. The lowest BCUT2D eigenvalue weighted by Gasteiger charge is -2.48. The number of hydrogen-bond donors (Lipinski definition) is 0. The number of unbranched alkanes of at least 4 members (excludes halogenated alkanes) is 5. The molecular weight excluding hydrogens is 786 g/mol. The van der Waals surface area contributed by atoms with Gasteiger partial charge in [-0.05, 0) is 93.5 Å². The highest BCUT2D eigenvalue weighted by Gasteiger charge is 2.51. The van der Waals surface area contributed by atoms with Crippen LogP contribution in [0.25, 0.3) is 0 Å². The fourth-order valence-corrected chi connectivity index (χ4v) is 8.30. The Hall–Kier alpha value is -3.67. The van der Waals surface area contributed by atoms with Crippen LogP contribution in [-0.4, -0.2) is 81.9 Å². The van der Waals surface area contributed by atoms with E-state index in [1.807, 2.05) is 36.1 Å². The largest absolute Gasteiger partial charge is 0.493 e. The van der Waals surface area contributed by atoms with Gasteiger partial charge in [0.05, 0.1) is 31.3 Å². The Balaban J connectivity index is 1.50. The first-order chi connectivity index (χ1) is 30.2. The van der Waals surface area contributed by atoms with E-state index in [1.54, 1.807) is 0 Å². The number of ketones is 1. The minimum atomic E-state index is -0.447. The van der Waals surface area contributed by atoms with Crippen molar-refractivity contribution in [1.82, 2.24) is 0 Å². The Morgan fingerprint density at radius 1 is 0.694 bits per heavy atom. The predicted molar refractivity (Wildman–Crippen MR) is 244 cm³/mol. The Morgan fingerprint density at radius 2 is 1.27 bits per heavy atom. The molecule has 0 N–H and O–H groups in total. The first-order valence-electron chi connectivity index (χ1n) is 23.8. The number of nitrogens with zero attached hydrogens (tertiary/aromatic N) is 1. The van der Waals surface area contributed by atoms with Gasteiger partial charge in [-0.1, -0.05) is 96.6 Å². The minimum absolute atomic E-state index is 0.0333. The molecule has 0 radical (unpaired) electrons. The molecule has 2 unspecified atom stereocenters. The maximum Gasteiger partial charge on any atom is 0.233 e.